The van der Waals surface area contributed by atoms with Gasteiger partial charge in [-0.3, -0.25) is 0 Å². The maximum atomic E-state index is 8.86. The zero-order valence-corrected chi connectivity index (χ0v) is 10.4. The van der Waals surface area contributed by atoms with Crippen LogP contribution in [-0.4, -0.2) is 25.8 Å². The van der Waals surface area contributed by atoms with Gasteiger partial charge in [0.1, 0.15) is 0 Å². The van der Waals surface area contributed by atoms with Gasteiger partial charge in [0.05, 0.1) is 24.3 Å². The zero-order chi connectivity index (χ0) is 12.3. The predicted octanol–water partition coefficient (Wildman–Crippen LogP) is 2.48. The van der Waals surface area contributed by atoms with Crippen molar-refractivity contribution in [2.75, 3.05) is 24.6 Å². The lowest BCUT2D eigenvalue weighted by molar-refractivity contribution is 0.0384. The maximum Gasteiger partial charge on any atom is 0.0991 e. The second kappa shape index (κ2) is 5.20. The van der Waals surface area contributed by atoms with Gasteiger partial charge in [-0.1, -0.05) is 6.92 Å². The molecule has 0 amide bonds. The monoisotopic (exact) mass is 230 g/mol. The quantitative estimate of drug-likeness (QED) is 0.783. The molecule has 0 bridgehead atoms. The van der Waals surface area contributed by atoms with Gasteiger partial charge < -0.3 is 9.64 Å². The molecule has 1 aromatic carbocycles. The number of morpholine rings is 1. The minimum atomic E-state index is 0.332. The van der Waals surface area contributed by atoms with E-state index in [1.807, 2.05) is 18.2 Å². The molecule has 1 aliphatic heterocycles. The Labute approximate surface area is 103 Å². The van der Waals surface area contributed by atoms with Crippen LogP contribution in [0.3, 0.4) is 0 Å². The van der Waals surface area contributed by atoms with E-state index in [0.717, 1.165) is 31.7 Å². The molecular formula is C14H18N2O. The second-order valence-electron chi connectivity index (χ2n) is 4.46. The molecule has 1 aliphatic rings. The number of nitriles is 1. The molecule has 0 aromatic heterocycles. The number of rotatable bonds is 2. The standard InChI is InChI=1S/C14H18N2O/c1-3-13-10-16(6-7-17-13)14-5-4-12(9-15)8-11(14)2/h4-5,8,13H,3,6-7,10H2,1-2H3. The Morgan fingerprint density at radius 3 is 3.00 bits per heavy atom. The van der Waals surface area contributed by atoms with Crippen LogP contribution < -0.4 is 4.90 Å². The average molecular weight is 230 g/mol. The third-order valence-corrected chi connectivity index (χ3v) is 3.26. The highest BCUT2D eigenvalue weighted by Crippen LogP contribution is 2.23. The average Bonchev–Trinajstić information content (AvgIpc) is 2.38. The second-order valence-corrected chi connectivity index (χ2v) is 4.46. The van der Waals surface area contributed by atoms with Crippen molar-refractivity contribution in [3.63, 3.8) is 0 Å². The van der Waals surface area contributed by atoms with Crippen LogP contribution in [0, 0.1) is 18.3 Å². The largest absolute Gasteiger partial charge is 0.375 e. The molecule has 0 spiro atoms. The molecule has 3 heteroatoms. The summed E-state index contributed by atoms with van der Waals surface area (Å²) in [5.41, 5.74) is 3.12. The molecule has 1 unspecified atom stereocenters. The Balaban J connectivity index is 2.19. The van der Waals surface area contributed by atoms with Gasteiger partial charge in [0.25, 0.3) is 0 Å². The van der Waals surface area contributed by atoms with E-state index in [0.29, 0.717) is 6.10 Å². The Morgan fingerprint density at radius 1 is 1.53 bits per heavy atom. The van der Waals surface area contributed by atoms with Gasteiger partial charge in [0.2, 0.25) is 0 Å². The van der Waals surface area contributed by atoms with Crippen LogP contribution in [0.1, 0.15) is 24.5 Å². The summed E-state index contributed by atoms with van der Waals surface area (Å²) >= 11 is 0. The minimum Gasteiger partial charge on any atom is -0.375 e. The van der Waals surface area contributed by atoms with Crippen molar-refractivity contribution >= 4 is 5.69 Å². The Hall–Kier alpha value is -1.53. The number of anilines is 1. The molecule has 1 fully saturated rings. The Bertz CT molecular complexity index is 436. The number of aryl methyl sites for hydroxylation is 1. The summed E-state index contributed by atoms with van der Waals surface area (Å²) in [6, 6.07) is 8.06. The smallest absolute Gasteiger partial charge is 0.0991 e. The van der Waals surface area contributed by atoms with Crippen LogP contribution in [-0.2, 0) is 4.74 Å². The molecule has 3 nitrogen and oxygen atoms in total. The molecule has 1 atom stereocenters. The van der Waals surface area contributed by atoms with Crippen molar-refractivity contribution < 1.29 is 4.74 Å². The zero-order valence-electron chi connectivity index (χ0n) is 10.4. The van der Waals surface area contributed by atoms with Gasteiger partial charge >= 0.3 is 0 Å². The van der Waals surface area contributed by atoms with Crippen molar-refractivity contribution in [2.45, 2.75) is 26.4 Å². The van der Waals surface area contributed by atoms with E-state index in [4.69, 9.17) is 10.00 Å². The SMILES string of the molecule is CCC1CN(c2ccc(C#N)cc2C)CCO1. The lowest BCUT2D eigenvalue weighted by Crippen LogP contribution is -2.42. The summed E-state index contributed by atoms with van der Waals surface area (Å²) in [5.74, 6) is 0. The van der Waals surface area contributed by atoms with Crippen LogP contribution in [0.15, 0.2) is 18.2 Å². The van der Waals surface area contributed by atoms with E-state index in [-0.39, 0.29) is 0 Å². The van der Waals surface area contributed by atoms with E-state index in [1.54, 1.807) is 0 Å². The number of hydrogen-bond acceptors (Lipinski definition) is 3. The van der Waals surface area contributed by atoms with E-state index >= 15 is 0 Å². The molecule has 1 heterocycles. The first-order valence-electron chi connectivity index (χ1n) is 6.12. The van der Waals surface area contributed by atoms with E-state index in [2.05, 4.69) is 24.8 Å². The third-order valence-electron chi connectivity index (χ3n) is 3.26. The van der Waals surface area contributed by atoms with Crippen molar-refractivity contribution in [1.82, 2.24) is 0 Å². The van der Waals surface area contributed by atoms with Crippen molar-refractivity contribution in [3.05, 3.63) is 29.3 Å². The summed E-state index contributed by atoms with van der Waals surface area (Å²) in [5, 5.41) is 8.86. The first-order chi connectivity index (χ1) is 8.24. The summed E-state index contributed by atoms with van der Waals surface area (Å²) in [6.45, 7) is 6.89. The Morgan fingerprint density at radius 2 is 2.35 bits per heavy atom. The molecule has 0 saturated carbocycles. The van der Waals surface area contributed by atoms with Crippen molar-refractivity contribution in [1.29, 1.82) is 5.26 Å². The number of hydrogen-bond donors (Lipinski definition) is 0. The van der Waals surface area contributed by atoms with E-state index in [1.165, 1.54) is 11.3 Å². The van der Waals surface area contributed by atoms with Crippen LogP contribution in [0.2, 0.25) is 0 Å². The fourth-order valence-corrected chi connectivity index (χ4v) is 2.26. The van der Waals surface area contributed by atoms with Crippen molar-refractivity contribution in [3.8, 4) is 6.07 Å². The highest BCUT2D eigenvalue weighted by molar-refractivity contribution is 5.56. The first-order valence-corrected chi connectivity index (χ1v) is 6.12. The van der Waals surface area contributed by atoms with Gasteiger partial charge in [-0.15, -0.1) is 0 Å². The lowest BCUT2D eigenvalue weighted by atomic mass is 10.1. The summed E-state index contributed by atoms with van der Waals surface area (Å²) in [6.07, 6.45) is 1.38. The molecule has 0 N–H and O–H groups in total. The molecule has 1 saturated heterocycles. The minimum absolute atomic E-state index is 0.332. The molecule has 1 aromatic rings. The van der Waals surface area contributed by atoms with Gasteiger partial charge in [0.15, 0.2) is 0 Å². The highest BCUT2D eigenvalue weighted by Gasteiger charge is 2.20. The van der Waals surface area contributed by atoms with Crippen LogP contribution >= 0.6 is 0 Å². The van der Waals surface area contributed by atoms with Crippen LogP contribution in [0.4, 0.5) is 5.69 Å². The number of benzene rings is 1. The van der Waals surface area contributed by atoms with Gasteiger partial charge in [-0.05, 0) is 37.1 Å². The molecule has 2 rings (SSSR count). The molecular weight excluding hydrogens is 212 g/mol. The topological polar surface area (TPSA) is 36.3 Å². The summed E-state index contributed by atoms with van der Waals surface area (Å²) < 4.78 is 5.67. The fourth-order valence-electron chi connectivity index (χ4n) is 2.26. The first kappa shape index (κ1) is 11.9. The number of nitrogens with zero attached hydrogens (tertiary/aromatic N) is 2. The van der Waals surface area contributed by atoms with Gasteiger partial charge in [-0.2, -0.15) is 5.26 Å². The van der Waals surface area contributed by atoms with Crippen LogP contribution in [0.25, 0.3) is 0 Å². The fraction of sp³-hybridized carbons (Fsp3) is 0.500. The van der Waals surface area contributed by atoms with Gasteiger partial charge in [-0.25, -0.2) is 0 Å². The van der Waals surface area contributed by atoms with E-state index in [9.17, 15) is 0 Å². The van der Waals surface area contributed by atoms with Gasteiger partial charge in [0, 0.05) is 18.8 Å². The Kier molecular flexibility index (Phi) is 3.65. The van der Waals surface area contributed by atoms with Crippen molar-refractivity contribution in [2.24, 2.45) is 0 Å². The predicted molar refractivity (Wildman–Crippen MR) is 68.1 cm³/mol. The highest BCUT2D eigenvalue weighted by atomic mass is 16.5. The normalized spacial score (nSPS) is 20.1. The molecule has 17 heavy (non-hydrogen) atoms. The number of ether oxygens (including phenoxy) is 1. The van der Waals surface area contributed by atoms with Crippen LogP contribution in [0.5, 0.6) is 0 Å². The maximum absolute atomic E-state index is 8.86. The molecule has 0 radical (unpaired) electrons. The summed E-state index contributed by atoms with van der Waals surface area (Å²) in [7, 11) is 0. The summed E-state index contributed by atoms with van der Waals surface area (Å²) in [4.78, 5) is 2.36. The molecule has 0 aliphatic carbocycles. The van der Waals surface area contributed by atoms with E-state index < -0.39 is 0 Å². The molecule has 90 valence electrons. The lowest BCUT2D eigenvalue weighted by Gasteiger charge is -2.35. The third kappa shape index (κ3) is 2.59.